The molecule has 0 aromatic heterocycles. The van der Waals surface area contributed by atoms with Gasteiger partial charge >= 0.3 is 0 Å². The predicted octanol–water partition coefficient (Wildman–Crippen LogP) is 2.50. The zero-order valence-corrected chi connectivity index (χ0v) is 7.56. The van der Waals surface area contributed by atoms with E-state index in [0.29, 0.717) is 11.1 Å². The summed E-state index contributed by atoms with van der Waals surface area (Å²) in [6, 6.07) is 3.35. The van der Waals surface area contributed by atoms with Gasteiger partial charge in [0.2, 0.25) is 0 Å². The predicted molar refractivity (Wildman–Crippen MR) is 46.5 cm³/mol. The third-order valence-electron chi connectivity index (χ3n) is 1.94. The normalized spacial score (nSPS) is 13.1. The van der Waals surface area contributed by atoms with E-state index in [2.05, 4.69) is 0 Å². The molecule has 0 saturated carbocycles. The van der Waals surface area contributed by atoms with E-state index in [1.807, 2.05) is 0 Å². The molecule has 0 aliphatic heterocycles. The van der Waals surface area contributed by atoms with Gasteiger partial charge < -0.3 is 5.11 Å². The molecule has 1 aromatic carbocycles. The third-order valence-corrected chi connectivity index (χ3v) is 1.94. The molecule has 0 spiro atoms. The van der Waals surface area contributed by atoms with Gasteiger partial charge in [0.15, 0.2) is 0 Å². The molecule has 0 amide bonds. The Kier molecular flexibility index (Phi) is 2.48. The van der Waals surface area contributed by atoms with Crippen LogP contribution in [0.1, 0.15) is 29.7 Å². The molecule has 0 saturated heterocycles. The highest BCUT2D eigenvalue weighted by Crippen LogP contribution is 2.19. The Bertz CT molecular complexity index is 269. The summed E-state index contributed by atoms with van der Waals surface area (Å²) in [5.41, 5.74) is 1.95. The highest BCUT2D eigenvalue weighted by molar-refractivity contribution is 5.31. The Morgan fingerprint density at radius 2 is 1.67 bits per heavy atom. The van der Waals surface area contributed by atoms with E-state index in [-0.39, 0.29) is 5.82 Å². The molecule has 12 heavy (non-hydrogen) atoms. The fourth-order valence-corrected chi connectivity index (χ4v) is 1.22. The smallest absolute Gasteiger partial charge is 0.129 e. The molecule has 0 aliphatic carbocycles. The lowest BCUT2D eigenvalue weighted by molar-refractivity contribution is 0.199. The van der Waals surface area contributed by atoms with Gasteiger partial charge in [0.25, 0.3) is 0 Å². The Balaban J connectivity index is 3.21. The summed E-state index contributed by atoms with van der Waals surface area (Å²) in [6.45, 7) is 5.08. The van der Waals surface area contributed by atoms with Crippen LogP contribution in [0, 0.1) is 19.7 Å². The number of aliphatic hydroxyl groups is 1. The van der Waals surface area contributed by atoms with Gasteiger partial charge in [0, 0.05) is 0 Å². The Hall–Kier alpha value is -0.890. The first kappa shape index (κ1) is 9.20. The molecular weight excluding hydrogens is 155 g/mol. The standard InChI is InChI=1S/C10H13FO/c1-6-4-9(8(3)12)5-7(2)10(6)11/h4-5,8,12H,1-3H3/t8-/m1/s1. The van der Waals surface area contributed by atoms with Gasteiger partial charge in [-0.1, -0.05) is 12.1 Å². The van der Waals surface area contributed by atoms with Crippen LogP contribution in [0.2, 0.25) is 0 Å². The number of aliphatic hydroxyl groups excluding tert-OH is 1. The maximum atomic E-state index is 13.1. The number of hydrogen-bond acceptors (Lipinski definition) is 1. The van der Waals surface area contributed by atoms with Crippen molar-refractivity contribution < 1.29 is 9.50 Å². The van der Waals surface area contributed by atoms with Crippen molar-refractivity contribution in [2.45, 2.75) is 26.9 Å². The summed E-state index contributed by atoms with van der Waals surface area (Å²) in [7, 11) is 0. The first-order chi connectivity index (χ1) is 5.52. The van der Waals surface area contributed by atoms with E-state index in [1.54, 1.807) is 32.9 Å². The Morgan fingerprint density at radius 3 is 2.00 bits per heavy atom. The van der Waals surface area contributed by atoms with Gasteiger partial charge in [-0.25, -0.2) is 4.39 Å². The molecule has 1 nitrogen and oxygen atoms in total. The van der Waals surface area contributed by atoms with Gasteiger partial charge in [-0.05, 0) is 37.5 Å². The lowest BCUT2D eigenvalue weighted by Gasteiger charge is -2.08. The Labute approximate surface area is 71.9 Å². The molecule has 1 atom stereocenters. The van der Waals surface area contributed by atoms with E-state index < -0.39 is 6.10 Å². The molecule has 66 valence electrons. The SMILES string of the molecule is Cc1cc([C@@H](C)O)cc(C)c1F. The van der Waals surface area contributed by atoms with Gasteiger partial charge in [0.05, 0.1) is 6.10 Å². The van der Waals surface area contributed by atoms with E-state index in [0.717, 1.165) is 5.56 Å². The molecule has 1 aromatic rings. The second-order valence-corrected chi connectivity index (χ2v) is 3.14. The highest BCUT2D eigenvalue weighted by Gasteiger charge is 2.06. The molecule has 1 N–H and O–H groups in total. The van der Waals surface area contributed by atoms with E-state index >= 15 is 0 Å². The van der Waals surface area contributed by atoms with Gasteiger partial charge in [-0.2, -0.15) is 0 Å². The van der Waals surface area contributed by atoms with Gasteiger partial charge in [-0.15, -0.1) is 0 Å². The van der Waals surface area contributed by atoms with Crippen LogP contribution in [0.5, 0.6) is 0 Å². The molecule has 0 radical (unpaired) electrons. The molecular formula is C10H13FO. The summed E-state index contributed by atoms with van der Waals surface area (Å²) in [5.74, 6) is -0.181. The van der Waals surface area contributed by atoms with Crippen molar-refractivity contribution in [2.24, 2.45) is 0 Å². The topological polar surface area (TPSA) is 20.2 Å². The molecule has 0 fully saturated rings. The number of aryl methyl sites for hydroxylation is 2. The zero-order valence-electron chi connectivity index (χ0n) is 7.56. The summed E-state index contributed by atoms with van der Waals surface area (Å²) < 4.78 is 13.1. The third kappa shape index (κ3) is 1.64. The van der Waals surface area contributed by atoms with Crippen molar-refractivity contribution >= 4 is 0 Å². The molecule has 1 rings (SSSR count). The summed E-state index contributed by atoms with van der Waals surface area (Å²) in [4.78, 5) is 0. The van der Waals surface area contributed by atoms with Crippen LogP contribution in [0.15, 0.2) is 12.1 Å². The fraction of sp³-hybridized carbons (Fsp3) is 0.400. The largest absolute Gasteiger partial charge is 0.389 e. The van der Waals surface area contributed by atoms with E-state index in [9.17, 15) is 9.50 Å². The Morgan fingerprint density at radius 1 is 1.25 bits per heavy atom. The average molecular weight is 168 g/mol. The minimum atomic E-state index is -0.525. The monoisotopic (exact) mass is 168 g/mol. The maximum Gasteiger partial charge on any atom is 0.129 e. The van der Waals surface area contributed by atoms with Crippen LogP contribution in [-0.4, -0.2) is 5.11 Å². The molecule has 0 aliphatic rings. The van der Waals surface area contributed by atoms with Crippen molar-refractivity contribution in [1.82, 2.24) is 0 Å². The summed E-state index contributed by atoms with van der Waals surface area (Å²) >= 11 is 0. The van der Waals surface area contributed by atoms with Crippen LogP contribution >= 0.6 is 0 Å². The van der Waals surface area contributed by atoms with Crippen LogP contribution in [-0.2, 0) is 0 Å². The number of rotatable bonds is 1. The minimum absolute atomic E-state index is 0.181. The number of halogens is 1. The molecule has 0 unspecified atom stereocenters. The van der Waals surface area contributed by atoms with Crippen molar-refractivity contribution in [2.75, 3.05) is 0 Å². The summed E-state index contributed by atoms with van der Waals surface area (Å²) in [6.07, 6.45) is -0.525. The van der Waals surface area contributed by atoms with Crippen molar-refractivity contribution in [3.63, 3.8) is 0 Å². The number of hydrogen-bond donors (Lipinski definition) is 1. The van der Waals surface area contributed by atoms with Gasteiger partial charge in [0.1, 0.15) is 5.82 Å². The van der Waals surface area contributed by atoms with Crippen molar-refractivity contribution in [1.29, 1.82) is 0 Å². The van der Waals surface area contributed by atoms with Crippen LogP contribution in [0.3, 0.4) is 0 Å². The first-order valence-electron chi connectivity index (χ1n) is 3.97. The van der Waals surface area contributed by atoms with E-state index in [4.69, 9.17) is 0 Å². The lowest BCUT2D eigenvalue weighted by Crippen LogP contribution is -1.96. The minimum Gasteiger partial charge on any atom is -0.389 e. The second-order valence-electron chi connectivity index (χ2n) is 3.14. The first-order valence-corrected chi connectivity index (χ1v) is 3.97. The molecule has 0 heterocycles. The maximum absolute atomic E-state index is 13.1. The fourth-order valence-electron chi connectivity index (χ4n) is 1.22. The van der Waals surface area contributed by atoms with Crippen molar-refractivity contribution in [3.8, 4) is 0 Å². The zero-order chi connectivity index (χ0) is 9.30. The number of benzene rings is 1. The quantitative estimate of drug-likeness (QED) is 0.683. The highest BCUT2D eigenvalue weighted by atomic mass is 19.1. The van der Waals surface area contributed by atoms with E-state index in [1.165, 1.54) is 0 Å². The van der Waals surface area contributed by atoms with Crippen LogP contribution in [0.4, 0.5) is 4.39 Å². The lowest BCUT2D eigenvalue weighted by atomic mass is 10.0. The summed E-state index contributed by atoms with van der Waals surface area (Å²) in [5, 5.41) is 9.24. The van der Waals surface area contributed by atoms with Crippen LogP contribution < -0.4 is 0 Å². The molecule has 0 bridgehead atoms. The van der Waals surface area contributed by atoms with Crippen LogP contribution in [0.25, 0.3) is 0 Å². The average Bonchev–Trinajstić information content (AvgIpc) is 1.99. The van der Waals surface area contributed by atoms with Crippen molar-refractivity contribution in [3.05, 3.63) is 34.6 Å². The second kappa shape index (κ2) is 3.23. The van der Waals surface area contributed by atoms with Gasteiger partial charge in [-0.3, -0.25) is 0 Å². The molecule has 2 heteroatoms.